The molecule has 0 saturated carbocycles. The molecule has 4 aromatic rings. The quantitative estimate of drug-likeness (QED) is 0.243. The number of amides is 1. The summed E-state index contributed by atoms with van der Waals surface area (Å²) in [7, 11) is -7.64. The summed E-state index contributed by atoms with van der Waals surface area (Å²) in [4.78, 5) is 12.9. The Labute approximate surface area is 224 Å². The normalized spacial score (nSPS) is 11.5. The molecule has 0 aromatic heterocycles. The molecule has 0 atom stereocenters. The largest absolute Gasteiger partial charge is 0.322 e. The molecular formula is C26H22BrN3O5S2. The van der Waals surface area contributed by atoms with Crippen molar-refractivity contribution in [3.8, 4) is 0 Å². The number of hydrogen-bond donors (Lipinski definition) is 3. The number of aryl methyl sites for hydroxylation is 1. The predicted octanol–water partition coefficient (Wildman–Crippen LogP) is 5.61. The van der Waals surface area contributed by atoms with E-state index < -0.39 is 26.0 Å². The Morgan fingerprint density at radius 2 is 1.16 bits per heavy atom. The summed E-state index contributed by atoms with van der Waals surface area (Å²) < 4.78 is 56.4. The minimum absolute atomic E-state index is 0.0286. The van der Waals surface area contributed by atoms with Crippen molar-refractivity contribution in [3.05, 3.63) is 113 Å². The van der Waals surface area contributed by atoms with Crippen molar-refractivity contribution in [1.82, 2.24) is 0 Å². The third-order valence-electron chi connectivity index (χ3n) is 5.23. The van der Waals surface area contributed by atoms with Gasteiger partial charge in [-0.2, -0.15) is 0 Å². The average Bonchev–Trinajstić information content (AvgIpc) is 2.86. The molecule has 8 nitrogen and oxygen atoms in total. The fourth-order valence-electron chi connectivity index (χ4n) is 3.31. The van der Waals surface area contributed by atoms with Crippen LogP contribution < -0.4 is 14.8 Å². The minimum atomic E-state index is -3.82. The lowest BCUT2D eigenvalue weighted by Gasteiger charge is -2.11. The zero-order valence-electron chi connectivity index (χ0n) is 19.5. The molecule has 0 fully saturated rings. The summed E-state index contributed by atoms with van der Waals surface area (Å²) >= 11 is 3.30. The summed E-state index contributed by atoms with van der Waals surface area (Å²) in [6, 6.07) is 24.9. The van der Waals surface area contributed by atoms with Crippen LogP contribution in [0.25, 0.3) is 0 Å². The highest BCUT2D eigenvalue weighted by Gasteiger charge is 2.17. The third kappa shape index (κ3) is 6.76. The van der Waals surface area contributed by atoms with E-state index in [0.717, 1.165) is 10.0 Å². The van der Waals surface area contributed by atoms with Gasteiger partial charge in [0.25, 0.3) is 26.0 Å². The number of nitrogens with one attached hydrogen (secondary N) is 3. The minimum Gasteiger partial charge on any atom is -0.322 e. The number of sulfonamides is 2. The highest BCUT2D eigenvalue weighted by atomic mass is 79.9. The third-order valence-corrected chi connectivity index (χ3v) is 8.55. The van der Waals surface area contributed by atoms with Gasteiger partial charge in [0, 0.05) is 27.1 Å². The second-order valence-electron chi connectivity index (χ2n) is 8.09. The molecule has 1 amide bonds. The summed E-state index contributed by atoms with van der Waals surface area (Å²) in [5.41, 5.74) is 2.17. The number of rotatable bonds is 8. The van der Waals surface area contributed by atoms with Crippen molar-refractivity contribution in [2.45, 2.75) is 16.7 Å². The van der Waals surface area contributed by atoms with Crippen molar-refractivity contribution in [3.63, 3.8) is 0 Å². The monoisotopic (exact) mass is 599 g/mol. The van der Waals surface area contributed by atoms with Gasteiger partial charge in [0.15, 0.2) is 0 Å². The first-order valence-corrected chi connectivity index (χ1v) is 14.7. The molecule has 0 radical (unpaired) electrons. The molecule has 4 rings (SSSR count). The topological polar surface area (TPSA) is 121 Å². The summed E-state index contributed by atoms with van der Waals surface area (Å²) in [5.74, 6) is -0.486. The summed E-state index contributed by atoms with van der Waals surface area (Å²) in [5, 5.41) is 2.68. The highest BCUT2D eigenvalue weighted by molar-refractivity contribution is 9.10. The number of benzene rings is 4. The van der Waals surface area contributed by atoms with E-state index in [4.69, 9.17) is 0 Å². The molecule has 4 aromatic carbocycles. The van der Waals surface area contributed by atoms with E-state index in [1.165, 1.54) is 42.5 Å². The van der Waals surface area contributed by atoms with Gasteiger partial charge in [-0.3, -0.25) is 14.2 Å². The van der Waals surface area contributed by atoms with E-state index in [0.29, 0.717) is 11.4 Å². The zero-order valence-corrected chi connectivity index (χ0v) is 22.7. The van der Waals surface area contributed by atoms with Gasteiger partial charge in [-0.1, -0.05) is 39.7 Å². The fourth-order valence-corrected chi connectivity index (χ4v) is 5.68. The van der Waals surface area contributed by atoms with Gasteiger partial charge in [0.2, 0.25) is 0 Å². The molecule has 0 unspecified atom stereocenters. The number of carbonyl (C=O) groups excluding carboxylic acids is 1. The van der Waals surface area contributed by atoms with Crippen molar-refractivity contribution in [2.75, 3.05) is 14.8 Å². The highest BCUT2D eigenvalue weighted by Crippen LogP contribution is 2.22. The molecule has 190 valence electrons. The Morgan fingerprint density at radius 1 is 0.649 bits per heavy atom. The predicted molar refractivity (Wildman–Crippen MR) is 148 cm³/mol. The van der Waals surface area contributed by atoms with Gasteiger partial charge in [-0.05, 0) is 85.8 Å². The molecule has 0 aliphatic heterocycles. The van der Waals surface area contributed by atoms with Crippen molar-refractivity contribution >= 4 is 58.9 Å². The molecule has 0 heterocycles. The molecule has 0 bridgehead atoms. The first-order valence-electron chi connectivity index (χ1n) is 10.9. The lowest BCUT2D eigenvalue weighted by Crippen LogP contribution is -2.15. The van der Waals surface area contributed by atoms with Gasteiger partial charge in [0.05, 0.1) is 9.79 Å². The van der Waals surface area contributed by atoms with Crippen molar-refractivity contribution < 1.29 is 21.6 Å². The van der Waals surface area contributed by atoms with Crippen LogP contribution >= 0.6 is 15.9 Å². The maximum absolute atomic E-state index is 12.8. The van der Waals surface area contributed by atoms with Crippen LogP contribution in [-0.2, 0) is 20.0 Å². The molecule has 0 aliphatic carbocycles. The van der Waals surface area contributed by atoms with E-state index in [-0.39, 0.29) is 21.0 Å². The van der Waals surface area contributed by atoms with Crippen molar-refractivity contribution in [2.24, 2.45) is 0 Å². The number of halogens is 1. The van der Waals surface area contributed by atoms with Crippen LogP contribution in [0, 0.1) is 6.92 Å². The van der Waals surface area contributed by atoms with Crippen LogP contribution in [0.15, 0.2) is 111 Å². The van der Waals surface area contributed by atoms with E-state index in [2.05, 4.69) is 30.7 Å². The lowest BCUT2D eigenvalue weighted by molar-refractivity contribution is 0.102. The van der Waals surface area contributed by atoms with Crippen LogP contribution in [0.5, 0.6) is 0 Å². The van der Waals surface area contributed by atoms with Crippen LogP contribution in [0.1, 0.15) is 15.9 Å². The fraction of sp³-hybridized carbons (Fsp3) is 0.0385. The summed E-state index contributed by atoms with van der Waals surface area (Å²) in [6.45, 7) is 1.86. The van der Waals surface area contributed by atoms with Crippen LogP contribution in [0.2, 0.25) is 0 Å². The summed E-state index contributed by atoms with van der Waals surface area (Å²) in [6.07, 6.45) is 0. The first-order chi connectivity index (χ1) is 17.5. The molecule has 0 spiro atoms. The maximum atomic E-state index is 12.8. The molecule has 0 aliphatic rings. The first kappa shape index (κ1) is 26.4. The van der Waals surface area contributed by atoms with E-state index in [1.807, 2.05) is 6.92 Å². The average molecular weight is 601 g/mol. The van der Waals surface area contributed by atoms with E-state index in [9.17, 15) is 21.6 Å². The standard InChI is InChI=1S/C26H22BrN3O5S2/c1-18-5-13-24(14-6-18)37(34,35)30-23-4-2-3-19(17-23)26(31)28-21-11-15-25(16-12-21)36(32,33)29-22-9-7-20(27)8-10-22/h2-17,29-30H,1H3,(H,28,31). The van der Waals surface area contributed by atoms with E-state index in [1.54, 1.807) is 54.6 Å². The second kappa shape index (κ2) is 10.8. The molecule has 0 saturated heterocycles. The molecule has 3 N–H and O–H groups in total. The smallest absolute Gasteiger partial charge is 0.261 e. The second-order valence-corrected chi connectivity index (χ2v) is 12.4. The van der Waals surface area contributed by atoms with Crippen LogP contribution in [0.4, 0.5) is 17.1 Å². The molecule has 11 heteroatoms. The van der Waals surface area contributed by atoms with Crippen LogP contribution in [0.3, 0.4) is 0 Å². The number of anilines is 3. The van der Waals surface area contributed by atoms with Gasteiger partial charge in [-0.25, -0.2) is 16.8 Å². The van der Waals surface area contributed by atoms with E-state index >= 15 is 0 Å². The molecule has 37 heavy (non-hydrogen) atoms. The zero-order chi connectivity index (χ0) is 26.6. The van der Waals surface area contributed by atoms with Gasteiger partial charge in [-0.15, -0.1) is 0 Å². The van der Waals surface area contributed by atoms with Crippen LogP contribution in [-0.4, -0.2) is 22.7 Å². The Balaban J connectivity index is 1.44. The Kier molecular flexibility index (Phi) is 7.67. The van der Waals surface area contributed by atoms with Gasteiger partial charge >= 0.3 is 0 Å². The SMILES string of the molecule is Cc1ccc(S(=O)(=O)Nc2cccc(C(=O)Nc3ccc(S(=O)(=O)Nc4ccc(Br)cc4)cc3)c2)cc1. The maximum Gasteiger partial charge on any atom is 0.261 e. The Hall–Kier alpha value is -3.67. The molecular weight excluding hydrogens is 578 g/mol. The van der Waals surface area contributed by atoms with Crippen molar-refractivity contribution in [1.29, 1.82) is 0 Å². The Bertz CT molecular complexity index is 1640. The Morgan fingerprint density at radius 3 is 1.76 bits per heavy atom. The van der Waals surface area contributed by atoms with Gasteiger partial charge < -0.3 is 5.32 Å². The van der Waals surface area contributed by atoms with Gasteiger partial charge in [0.1, 0.15) is 0 Å². The number of hydrogen-bond acceptors (Lipinski definition) is 5. The lowest BCUT2D eigenvalue weighted by atomic mass is 10.2. The number of carbonyl (C=O) groups is 1.